The van der Waals surface area contributed by atoms with Gasteiger partial charge in [0, 0.05) is 4.88 Å². The number of fused-ring (bicyclic) bond motifs is 1. The number of benzene rings is 1. The molecule has 0 atom stereocenters. The van der Waals surface area contributed by atoms with Gasteiger partial charge in [0.2, 0.25) is 0 Å². The van der Waals surface area contributed by atoms with Crippen LogP contribution in [0.1, 0.15) is 39.2 Å². The van der Waals surface area contributed by atoms with E-state index < -0.39 is 5.97 Å². The van der Waals surface area contributed by atoms with Crippen LogP contribution in [0.25, 0.3) is 10.4 Å². The number of methoxy groups -OCH3 is 2. The lowest BCUT2D eigenvalue weighted by Crippen LogP contribution is -2.04. The molecule has 23 heavy (non-hydrogen) atoms. The Kier molecular flexibility index (Phi) is 4.35. The summed E-state index contributed by atoms with van der Waals surface area (Å²) in [6.45, 7) is 0. The molecular weight excluding hydrogens is 310 g/mol. The molecule has 0 aliphatic heterocycles. The first kappa shape index (κ1) is 15.6. The Balaban J connectivity index is 2.11. The van der Waals surface area contributed by atoms with Gasteiger partial charge in [-0.3, -0.25) is 0 Å². The standard InChI is InChI=1S/C18H17NO3S/c1-21-15-9-11(7-8-14(15)18(20)22-2)17-13-6-4-3-5-12(13)16(10-19)23-17/h7-9H,3-6H2,1-2H3. The summed E-state index contributed by atoms with van der Waals surface area (Å²) in [5, 5.41) is 9.38. The number of rotatable bonds is 3. The SMILES string of the molecule is COC(=O)c1ccc(-c2sc(C#N)c3c2CCCC3)cc1OC. The van der Waals surface area contributed by atoms with Crippen molar-refractivity contribution in [1.82, 2.24) is 0 Å². The smallest absolute Gasteiger partial charge is 0.341 e. The highest BCUT2D eigenvalue weighted by atomic mass is 32.1. The normalized spacial score (nSPS) is 13.1. The molecule has 0 N–H and O–H groups in total. The third-order valence-electron chi connectivity index (χ3n) is 4.19. The molecule has 4 nitrogen and oxygen atoms in total. The Hall–Kier alpha value is -2.32. The number of hydrogen-bond donors (Lipinski definition) is 0. The topological polar surface area (TPSA) is 59.3 Å². The van der Waals surface area contributed by atoms with Gasteiger partial charge in [0.05, 0.1) is 14.2 Å². The van der Waals surface area contributed by atoms with E-state index in [1.165, 1.54) is 36.7 Å². The molecule has 3 rings (SSSR count). The highest BCUT2D eigenvalue weighted by Gasteiger charge is 2.23. The van der Waals surface area contributed by atoms with E-state index in [0.717, 1.165) is 41.0 Å². The zero-order chi connectivity index (χ0) is 16.4. The Morgan fingerprint density at radius 2 is 1.96 bits per heavy atom. The molecule has 0 fully saturated rings. The number of thiophene rings is 1. The summed E-state index contributed by atoms with van der Waals surface area (Å²) in [5.74, 6) is 0.0742. The molecule has 1 aromatic carbocycles. The van der Waals surface area contributed by atoms with Crippen LogP contribution in [0, 0.1) is 11.3 Å². The van der Waals surface area contributed by atoms with Gasteiger partial charge in [-0.2, -0.15) is 5.26 Å². The summed E-state index contributed by atoms with van der Waals surface area (Å²) in [4.78, 5) is 13.7. The van der Waals surface area contributed by atoms with Crippen molar-refractivity contribution in [3.8, 4) is 22.3 Å². The molecule has 1 aliphatic carbocycles. The zero-order valence-electron chi connectivity index (χ0n) is 13.1. The maximum atomic E-state index is 11.8. The van der Waals surface area contributed by atoms with Gasteiger partial charge in [-0.05, 0) is 54.5 Å². The molecule has 0 unspecified atom stereocenters. The molecule has 1 heterocycles. The number of hydrogen-bond acceptors (Lipinski definition) is 5. The fourth-order valence-corrected chi connectivity index (χ4v) is 4.26. The van der Waals surface area contributed by atoms with Gasteiger partial charge < -0.3 is 9.47 Å². The molecule has 0 bridgehead atoms. The average molecular weight is 327 g/mol. The summed E-state index contributed by atoms with van der Waals surface area (Å²) in [6.07, 6.45) is 4.28. The van der Waals surface area contributed by atoms with E-state index >= 15 is 0 Å². The van der Waals surface area contributed by atoms with Crippen molar-refractivity contribution >= 4 is 17.3 Å². The fourth-order valence-electron chi connectivity index (χ4n) is 3.07. The van der Waals surface area contributed by atoms with Crippen LogP contribution in [0.15, 0.2) is 18.2 Å². The van der Waals surface area contributed by atoms with E-state index in [2.05, 4.69) is 6.07 Å². The second kappa shape index (κ2) is 6.43. The van der Waals surface area contributed by atoms with Crippen LogP contribution >= 0.6 is 11.3 Å². The van der Waals surface area contributed by atoms with E-state index in [9.17, 15) is 10.1 Å². The molecule has 118 valence electrons. The van der Waals surface area contributed by atoms with Gasteiger partial charge >= 0.3 is 5.97 Å². The van der Waals surface area contributed by atoms with Crippen LogP contribution < -0.4 is 4.74 Å². The van der Waals surface area contributed by atoms with Gasteiger partial charge in [-0.15, -0.1) is 11.3 Å². The minimum Gasteiger partial charge on any atom is -0.496 e. The van der Waals surface area contributed by atoms with E-state index in [1.54, 1.807) is 6.07 Å². The zero-order valence-corrected chi connectivity index (χ0v) is 14.0. The molecule has 0 radical (unpaired) electrons. The van der Waals surface area contributed by atoms with Crippen LogP contribution in [-0.2, 0) is 17.6 Å². The monoisotopic (exact) mass is 327 g/mol. The largest absolute Gasteiger partial charge is 0.496 e. The van der Waals surface area contributed by atoms with Crippen molar-refractivity contribution in [2.75, 3.05) is 14.2 Å². The van der Waals surface area contributed by atoms with Crippen molar-refractivity contribution in [2.24, 2.45) is 0 Å². The lowest BCUT2D eigenvalue weighted by atomic mass is 9.90. The van der Waals surface area contributed by atoms with Crippen LogP contribution in [-0.4, -0.2) is 20.2 Å². The minimum atomic E-state index is -0.417. The third kappa shape index (κ3) is 2.71. The lowest BCUT2D eigenvalue weighted by molar-refractivity contribution is 0.0597. The van der Waals surface area contributed by atoms with Crippen LogP contribution in [0.3, 0.4) is 0 Å². The van der Waals surface area contributed by atoms with Crippen molar-refractivity contribution in [3.63, 3.8) is 0 Å². The van der Waals surface area contributed by atoms with Gasteiger partial charge in [-0.25, -0.2) is 4.79 Å². The summed E-state index contributed by atoms with van der Waals surface area (Å²) < 4.78 is 10.1. The molecule has 0 amide bonds. The number of esters is 1. The second-order valence-electron chi connectivity index (χ2n) is 5.44. The van der Waals surface area contributed by atoms with Crippen LogP contribution in [0.4, 0.5) is 0 Å². The highest BCUT2D eigenvalue weighted by Crippen LogP contribution is 2.41. The predicted molar refractivity (Wildman–Crippen MR) is 89.0 cm³/mol. The molecule has 0 saturated carbocycles. The average Bonchev–Trinajstić information content (AvgIpc) is 2.99. The van der Waals surface area contributed by atoms with Crippen LogP contribution in [0.2, 0.25) is 0 Å². The molecule has 0 spiro atoms. The van der Waals surface area contributed by atoms with Crippen molar-refractivity contribution in [2.45, 2.75) is 25.7 Å². The summed E-state index contributed by atoms with van der Waals surface area (Å²) in [5.41, 5.74) is 3.88. The molecule has 2 aromatic rings. The molecule has 1 aromatic heterocycles. The predicted octanol–water partition coefficient (Wildman–Crippen LogP) is 3.96. The Morgan fingerprint density at radius 1 is 1.22 bits per heavy atom. The minimum absolute atomic E-state index is 0.407. The van der Waals surface area contributed by atoms with Crippen molar-refractivity contribution in [1.29, 1.82) is 5.26 Å². The number of carbonyl (C=O) groups is 1. The lowest BCUT2D eigenvalue weighted by Gasteiger charge is -2.14. The van der Waals surface area contributed by atoms with E-state index in [-0.39, 0.29) is 0 Å². The van der Waals surface area contributed by atoms with E-state index in [4.69, 9.17) is 9.47 Å². The second-order valence-corrected chi connectivity index (χ2v) is 6.46. The highest BCUT2D eigenvalue weighted by molar-refractivity contribution is 7.16. The van der Waals surface area contributed by atoms with Gasteiger partial charge in [-0.1, -0.05) is 6.07 Å². The first-order chi connectivity index (χ1) is 11.2. The summed E-state index contributed by atoms with van der Waals surface area (Å²) in [6, 6.07) is 7.80. The quantitative estimate of drug-likeness (QED) is 0.801. The van der Waals surface area contributed by atoms with Gasteiger partial charge in [0.25, 0.3) is 0 Å². The first-order valence-corrected chi connectivity index (χ1v) is 8.32. The maximum absolute atomic E-state index is 11.8. The number of nitrogens with zero attached hydrogens (tertiary/aromatic N) is 1. The maximum Gasteiger partial charge on any atom is 0.341 e. The van der Waals surface area contributed by atoms with Crippen LogP contribution in [0.5, 0.6) is 5.75 Å². The molecule has 0 saturated heterocycles. The number of nitriles is 1. The molecule has 5 heteroatoms. The van der Waals surface area contributed by atoms with E-state index in [1.807, 2.05) is 12.1 Å². The summed E-state index contributed by atoms with van der Waals surface area (Å²) in [7, 11) is 2.89. The molecule has 1 aliphatic rings. The Bertz CT molecular complexity index is 801. The van der Waals surface area contributed by atoms with Gasteiger partial charge in [0.1, 0.15) is 22.3 Å². The van der Waals surface area contributed by atoms with Crippen molar-refractivity contribution in [3.05, 3.63) is 39.8 Å². The molecular formula is C18H17NO3S. The third-order valence-corrected chi connectivity index (χ3v) is 5.42. The van der Waals surface area contributed by atoms with Crippen molar-refractivity contribution < 1.29 is 14.3 Å². The number of carbonyl (C=O) groups excluding carboxylic acids is 1. The summed E-state index contributed by atoms with van der Waals surface area (Å²) >= 11 is 1.53. The van der Waals surface area contributed by atoms with Gasteiger partial charge in [0.15, 0.2) is 0 Å². The van der Waals surface area contributed by atoms with E-state index in [0.29, 0.717) is 11.3 Å². The number of ether oxygens (including phenoxy) is 2. The Morgan fingerprint density at radius 3 is 2.61 bits per heavy atom. The fraction of sp³-hybridized carbons (Fsp3) is 0.333. The Labute approximate surface area is 139 Å². The first-order valence-electron chi connectivity index (χ1n) is 7.51.